The Morgan fingerprint density at radius 1 is 1.20 bits per heavy atom. The number of hydrogen-bond donors (Lipinski definition) is 1. The Bertz CT molecular complexity index is 552. The lowest BCUT2D eigenvalue weighted by Gasteiger charge is -2.50. The molecular formula is C21H33N3O. The monoisotopic (exact) mass is 343 g/mol. The van der Waals surface area contributed by atoms with Crippen LogP contribution in [-0.4, -0.2) is 55.0 Å². The summed E-state index contributed by atoms with van der Waals surface area (Å²) in [6.07, 6.45) is 5.30. The maximum Gasteiger partial charge on any atom is 0.217 e. The number of primary amides is 1. The molecule has 2 aliphatic rings. The molecule has 0 unspecified atom stereocenters. The number of nitrogens with zero attached hydrogens (tertiary/aromatic N) is 2. The average Bonchev–Trinajstić information content (AvgIpc) is 2.63. The van der Waals surface area contributed by atoms with Crippen LogP contribution in [0, 0.1) is 5.41 Å². The van der Waals surface area contributed by atoms with Crippen molar-refractivity contribution < 1.29 is 4.79 Å². The van der Waals surface area contributed by atoms with E-state index in [2.05, 4.69) is 47.1 Å². The van der Waals surface area contributed by atoms with Gasteiger partial charge in [-0.05, 0) is 68.8 Å². The molecule has 1 atom stereocenters. The van der Waals surface area contributed by atoms with E-state index in [1.54, 1.807) is 0 Å². The molecule has 0 radical (unpaired) electrons. The number of carbonyl (C=O) groups excluding carboxylic acids is 1. The minimum Gasteiger partial charge on any atom is -0.370 e. The van der Waals surface area contributed by atoms with Crippen molar-refractivity contribution in [1.82, 2.24) is 9.80 Å². The second kappa shape index (κ2) is 8.33. The molecule has 1 amide bonds. The van der Waals surface area contributed by atoms with Gasteiger partial charge in [0.1, 0.15) is 0 Å². The van der Waals surface area contributed by atoms with E-state index >= 15 is 0 Å². The van der Waals surface area contributed by atoms with E-state index in [9.17, 15) is 4.79 Å². The number of likely N-dealkylation sites (N-methyl/N-ethyl adjacent to an activating group) is 1. The SMILES string of the molecule is CCN1C[C@H](c2ccccc2)CC2(CCN(CCCC(N)=O)CC2)C1. The maximum atomic E-state index is 10.9. The smallest absolute Gasteiger partial charge is 0.217 e. The van der Waals surface area contributed by atoms with Gasteiger partial charge in [-0.3, -0.25) is 4.79 Å². The van der Waals surface area contributed by atoms with Crippen molar-refractivity contribution >= 4 is 5.91 Å². The first-order valence-corrected chi connectivity index (χ1v) is 9.88. The first kappa shape index (κ1) is 18.4. The van der Waals surface area contributed by atoms with Gasteiger partial charge in [0, 0.05) is 19.5 Å². The Morgan fingerprint density at radius 3 is 2.56 bits per heavy atom. The van der Waals surface area contributed by atoms with E-state index in [4.69, 9.17) is 5.73 Å². The van der Waals surface area contributed by atoms with Gasteiger partial charge in [-0.25, -0.2) is 0 Å². The predicted molar refractivity (Wildman–Crippen MR) is 102 cm³/mol. The van der Waals surface area contributed by atoms with Gasteiger partial charge < -0.3 is 15.5 Å². The molecular weight excluding hydrogens is 310 g/mol. The molecule has 0 saturated carbocycles. The molecule has 1 aromatic rings. The molecule has 2 saturated heterocycles. The zero-order valence-corrected chi connectivity index (χ0v) is 15.6. The van der Waals surface area contributed by atoms with Crippen LogP contribution in [0.2, 0.25) is 0 Å². The standard InChI is InChI=1S/C21H33N3O/c1-2-23-16-19(18-7-4-3-5-8-18)15-21(17-23)10-13-24(14-11-21)12-6-9-20(22)25/h3-5,7-8,19H,2,6,9-17H2,1H3,(H2,22,25)/t19-/m1/s1. The Hall–Kier alpha value is -1.39. The zero-order valence-electron chi connectivity index (χ0n) is 15.6. The Balaban J connectivity index is 1.60. The van der Waals surface area contributed by atoms with Gasteiger partial charge in [-0.2, -0.15) is 0 Å². The molecule has 2 heterocycles. The van der Waals surface area contributed by atoms with E-state index in [1.165, 1.54) is 37.9 Å². The minimum atomic E-state index is -0.176. The van der Waals surface area contributed by atoms with E-state index in [0.29, 0.717) is 17.8 Å². The molecule has 4 nitrogen and oxygen atoms in total. The van der Waals surface area contributed by atoms with Crippen molar-refractivity contribution in [1.29, 1.82) is 0 Å². The molecule has 4 heteroatoms. The highest BCUT2D eigenvalue weighted by Crippen LogP contribution is 2.44. The van der Waals surface area contributed by atoms with Crippen molar-refractivity contribution in [3.05, 3.63) is 35.9 Å². The summed E-state index contributed by atoms with van der Waals surface area (Å²) in [7, 11) is 0. The number of benzene rings is 1. The molecule has 1 spiro atoms. The van der Waals surface area contributed by atoms with Crippen LogP contribution in [0.1, 0.15) is 50.5 Å². The van der Waals surface area contributed by atoms with Crippen LogP contribution in [-0.2, 0) is 4.79 Å². The van der Waals surface area contributed by atoms with Gasteiger partial charge in [-0.1, -0.05) is 37.3 Å². The Morgan fingerprint density at radius 2 is 1.92 bits per heavy atom. The molecule has 0 aliphatic carbocycles. The van der Waals surface area contributed by atoms with E-state index in [0.717, 1.165) is 32.6 Å². The van der Waals surface area contributed by atoms with E-state index in [1.807, 2.05) is 0 Å². The summed E-state index contributed by atoms with van der Waals surface area (Å²) >= 11 is 0. The molecule has 2 N–H and O–H groups in total. The maximum absolute atomic E-state index is 10.9. The lowest BCUT2D eigenvalue weighted by molar-refractivity contribution is -0.118. The first-order valence-electron chi connectivity index (χ1n) is 9.88. The summed E-state index contributed by atoms with van der Waals surface area (Å²) in [6, 6.07) is 11.1. The van der Waals surface area contributed by atoms with Gasteiger partial charge in [0.2, 0.25) is 5.91 Å². The highest BCUT2D eigenvalue weighted by atomic mass is 16.1. The van der Waals surface area contributed by atoms with Crippen molar-refractivity contribution in [3.8, 4) is 0 Å². The number of piperidine rings is 2. The summed E-state index contributed by atoms with van der Waals surface area (Å²) < 4.78 is 0. The number of amides is 1. The van der Waals surface area contributed by atoms with Gasteiger partial charge in [-0.15, -0.1) is 0 Å². The van der Waals surface area contributed by atoms with Crippen LogP contribution in [0.5, 0.6) is 0 Å². The second-order valence-electron chi connectivity index (χ2n) is 8.05. The molecule has 138 valence electrons. The number of carbonyl (C=O) groups is 1. The largest absolute Gasteiger partial charge is 0.370 e. The highest BCUT2D eigenvalue weighted by Gasteiger charge is 2.41. The number of hydrogen-bond acceptors (Lipinski definition) is 3. The molecule has 2 fully saturated rings. The number of nitrogens with two attached hydrogens (primary N) is 1. The van der Waals surface area contributed by atoms with E-state index in [-0.39, 0.29) is 5.91 Å². The molecule has 3 rings (SSSR count). The molecule has 25 heavy (non-hydrogen) atoms. The third-order valence-corrected chi connectivity index (χ3v) is 6.25. The topological polar surface area (TPSA) is 49.6 Å². The zero-order chi connectivity index (χ0) is 17.7. The number of likely N-dealkylation sites (tertiary alicyclic amines) is 2. The quantitative estimate of drug-likeness (QED) is 0.864. The van der Waals surface area contributed by atoms with Crippen molar-refractivity contribution in [2.75, 3.05) is 39.3 Å². The average molecular weight is 344 g/mol. The summed E-state index contributed by atoms with van der Waals surface area (Å²) in [6.45, 7) is 9.23. The molecule has 0 bridgehead atoms. The van der Waals surface area contributed by atoms with Crippen LogP contribution < -0.4 is 5.73 Å². The van der Waals surface area contributed by atoms with Gasteiger partial charge in [0.05, 0.1) is 0 Å². The van der Waals surface area contributed by atoms with E-state index < -0.39 is 0 Å². The number of rotatable bonds is 6. The Labute approximate surface area is 152 Å². The van der Waals surface area contributed by atoms with Gasteiger partial charge in [0.15, 0.2) is 0 Å². The van der Waals surface area contributed by atoms with Crippen LogP contribution in [0.4, 0.5) is 0 Å². The fourth-order valence-electron chi connectivity index (χ4n) is 4.78. The highest BCUT2D eigenvalue weighted by molar-refractivity contribution is 5.73. The summed E-state index contributed by atoms with van der Waals surface area (Å²) in [5, 5.41) is 0. The Kier molecular flexibility index (Phi) is 6.13. The fourth-order valence-corrected chi connectivity index (χ4v) is 4.78. The second-order valence-corrected chi connectivity index (χ2v) is 8.05. The summed E-state index contributed by atoms with van der Waals surface area (Å²) in [5.41, 5.74) is 7.23. The normalized spacial score (nSPS) is 24.4. The molecule has 1 aromatic carbocycles. The lowest BCUT2D eigenvalue weighted by Crippen LogP contribution is -2.51. The van der Waals surface area contributed by atoms with Crippen LogP contribution >= 0.6 is 0 Å². The third-order valence-electron chi connectivity index (χ3n) is 6.25. The van der Waals surface area contributed by atoms with Crippen molar-refractivity contribution in [2.45, 2.75) is 44.9 Å². The van der Waals surface area contributed by atoms with Crippen LogP contribution in [0.25, 0.3) is 0 Å². The predicted octanol–water partition coefficient (Wildman–Crippen LogP) is 2.84. The van der Waals surface area contributed by atoms with Gasteiger partial charge in [0.25, 0.3) is 0 Å². The van der Waals surface area contributed by atoms with Crippen molar-refractivity contribution in [2.24, 2.45) is 11.1 Å². The summed E-state index contributed by atoms with van der Waals surface area (Å²) in [4.78, 5) is 16.1. The lowest BCUT2D eigenvalue weighted by atomic mass is 9.68. The van der Waals surface area contributed by atoms with Crippen LogP contribution in [0.3, 0.4) is 0 Å². The minimum absolute atomic E-state index is 0.176. The van der Waals surface area contributed by atoms with Gasteiger partial charge >= 0.3 is 0 Å². The molecule has 2 aliphatic heterocycles. The third kappa shape index (κ3) is 4.83. The van der Waals surface area contributed by atoms with Crippen molar-refractivity contribution in [3.63, 3.8) is 0 Å². The van der Waals surface area contributed by atoms with Crippen LogP contribution in [0.15, 0.2) is 30.3 Å². The first-order chi connectivity index (χ1) is 12.1. The fraction of sp³-hybridized carbons (Fsp3) is 0.667. The molecule has 0 aromatic heterocycles. The summed E-state index contributed by atoms with van der Waals surface area (Å²) in [5.74, 6) is 0.487.